The van der Waals surface area contributed by atoms with Gasteiger partial charge in [0, 0.05) is 5.69 Å². The van der Waals surface area contributed by atoms with Crippen molar-refractivity contribution in [3.8, 4) is 0 Å². The van der Waals surface area contributed by atoms with Crippen LogP contribution in [0.2, 0.25) is 0 Å². The van der Waals surface area contributed by atoms with Gasteiger partial charge in [0.1, 0.15) is 23.8 Å². The Morgan fingerprint density at radius 1 is 1.50 bits per heavy atom. The van der Waals surface area contributed by atoms with Gasteiger partial charge in [-0.2, -0.15) is 0 Å². The van der Waals surface area contributed by atoms with Crippen LogP contribution in [0, 0.1) is 13.8 Å². The highest BCUT2D eigenvalue weighted by Crippen LogP contribution is 2.20. The first-order chi connectivity index (χ1) is 7.56. The Morgan fingerprint density at radius 3 is 2.94 bits per heavy atom. The van der Waals surface area contributed by atoms with Crippen molar-refractivity contribution in [2.45, 2.75) is 13.8 Å². The number of aryl methyl sites for hydroxylation is 2. The second kappa shape index (κ2) is 3.80. The lowest BCUT2D eigenvalue weighted by molar-refractivity contribution is -0.134. The van der Waals surface area contributed by atoms with Gasteiger partial charge in [0.15, 0.2) is 0 Å². The SMILES string of the molecule is Cc1nc(NCC(=O)O)c2cc(C)[nH]c2n1. The maximum atomic E-state index is 10.5. The van der Waals surface area contributed by atoms with E-state index >= 15 is 0 Å². The summed E-state index contributed by atoms with van der Waals surface area (Å²) in [5.41, 5.74) is 1.69. The molecule has 2 aromatic rings. The van der Waals surface area contributed by atoms with Gasteiger partial charge >= 0.3 is 5.97 Å². The third-order valence-corrected chi connectivity index (χ3v) is 2.14. The van der Waals surface area contributed by atoms with Gasteiger partial charge < -0.3 is 15.4 Å². The number of nitrogens with one attached hydrogen (secondary N) is 2. The first kappa shape index (κ1) is 10.4. The summed E-state index contributed by atoms with van der Waals surface area (Å²) in [6.07, 6.45) is 0. The Hall–Kier alpha value is -2.11. The van der Waals surface area contributed by atoms with Crippen LogP contribution in [0.15, 0.2) is 6.07 Å². The van der Waals surface area contributed by atoms with Gasteiger partial charge in [-0.25, -0.2) is 9.97 Å². The number of hydrogen-bond acceptors (Lipinski definition) is 4. The van der Waals surface area contributed by atoms with Gasteiger partial charge in [-0.15, -0.1) is 0 Å². The van der Waals surface area contributed by atoms with E-state index < -0.39 is 5.97 Å². The molecule has 0 radical (unpaired) electrons. The van der Waals surface area contributed by atoms with E-state index in [1.807, 2.05) is 13.0 Å². The van der Waals surface area contributed by atoms with E-state index in [2.05, 4.69) is 20.3 Å². The Labute approximate surface area is 91.7 Å². The molecule has 0 spiro atoms. The molecule has 0 atom stereocenters. The van der Waals surface area contributed by atoms with Crippen LogP contribution < -0.4 is 5.32 Å². The quantitative estimate of drug-likeness (QED) is 0.719. The molecule has 0 amide bonds. The molecule has 6 nitrogen and oxygen atoms in total. The minimum atomic E-state index is -0.920. The van der Waals surface area contributed by atoms with Gasteiger partial charge in [-0.1, -0.05) is 0 Å². The summed E-state index contributed by atoms with van der Waals surface area (Å²) < 4.78 is 0. The molecular formula is C10H12N4O2. The predicted molar refractivity (Wildman–Crippen MR) is 59.5 cm³/mol. The lowest BCUT2D eigenvalue weighted by Crippen LogP contribution is -2.13. The van der Waals surface area contributed by atoms with Crippen molar-refractivity contribution >= 4 is 22.8 Å². The number of hydrogen-bond donors (Lipinski definition) is 3. The van der Waals surface area contributed by atoms with Gasteiger partial charge in [0.2, 0.25) is 0 Å². The number of aromatic nitrogens is 3. The number of nitrogens with zero attached hydrogens (tertiary/aromatic N) is 2. The molecule has 3 N–H and O–H groups in total. The normalized spacial score (nSPS) is 10.6. The summed E-state index contributed by atoms with van der Waals surface area (Å²) in [6, 6.07) is 1.89. The first-order valence-corrected chi connectivity index (χ1v) is 4.86. The summed E-state index contributed by atoms with van der Waals surface area (Å²) in [5.74, 6) is 0.230. The van der Waals surface area contributed by atoms with E-state index in [1.165, 1.54) is 0 Å². The molecule has 0 bridgehead atoms. The van der Waals surface area contributed by atoms with Crippen LogP contribution in [0.3, 0.4) is 0 Å². The van der Waals surface area contributed by atoms with E-state index in [1.54, 1.807) is 6.92 Å². The maximum Gasteiger partial charge on any atom is 0.322 e. The molecule has 0 saturated heterocycles. The first-order valence-electron chi connectivity index (χ1n) is 4.86. The molecule has 0 aliphatic carbocycles. The zero-order chi connectivity index (χ0) is 11.7. The molecule has 2 heterocycles. The number of anilines is 1. The lowest BCUT2D eigenvalue weighted by atomic mass is 10.3. The van der Waals surface area contributed by atoms with Crippen LogP contribution in [-0.4, -0.2) is 32.6 Å². The van der Waals surface area contributed by atoms with Gasteiger partial charge in [-0.05, 0) is 19.9 Å². The number of carbonyl (C=O) groups is 1. The number of aromatic amines is 1. The van der Waals surface area contributed by atoms with Gasteiger partial charge in [0.05, 0.1) is 5.39 Å². The minimum absolute atomic E-state index is 0.157. The molecule has 0 fully saturated rings. The zero-order valence-corrected chi connectivity index (χ0v) is 9.03. The summed E-state index contributed by atoms with van der Waals surface area (Å²) in [6.45, 7) is 3.52. The van der Waals surface area contributed by atoms with Crippen LogP contribution in [0.4, 0.5) is 5.82 Å². The Bertz CT molecular complexity index is 547. The number of fused-ring (bicyclic) bond motifs is 1. The molecular weight excluding hydrogens is 208 g/mol. The molecule has 0 unspecified atom stereocenters. The fraction of sp³-hybridized carbons (Fsp3) is 0.300. The molecule has 6 heteroatoms. The predicted octanol–water partition coefficient (Wildman–Crippen LogP) is 1.07. The lowest BCUT2D eigenvalue weighted by Gasteiger charge is -2.04. The number of rotatable bonds is 3. The van der Waals surface area contributed by atoms with E-state index in [0.29, 0.717) is 11.6 Å². The van der Waals surface area contributed by atoms with Crippen LogP contribution >= 0.6 is 0 Å². The molecule has 0 saturated carbocycles. The second-order valence-corrected chi connectivity index (χ2v) is 3.58. The summed E-state index contributed by atoms with van der Waals surface area (Å²) >= 11 is 0. The summed E-state index contributed by atoms with van der Waals surface area (Å²) in [5, 5.41) is 12.2. The molecule has 16 heavy (non-hydrogen) atoms. The summed E-state index contributed by atoms with van der Waals surface area (Å²) in [7, 11) is 0. The Balaban J connectivity index is 2.45. The van der Waals surface area contributed by atoms with Crippen molar-refractivity contribution in [3.05, 3.63) is 17.6 Å². The van der Waals surface area contributed by atoms with Crippen molar-refractivity contribution in [2.75, 3.05) is 11.9 Å². The number of H-pyrrole nitrogens is 1. The molecule has 84 valence electrons. The standard InChI is InChI=1S/C10H12N4O2/c1-5-3-7-9(11-4-8(15)16)13-6(2)14-10(7)12-5/h3H,4H2,1-2H3,(H,15,16)(H2,11,12,13,14). The van der Waals surface area contributed by atoms with E-state index in [4.69, 9.17) is 5.11 Å². The number of carboxylic acid groups (broad SMARTS) is 1. The molecule has 0 aliphatic heterocycles. The largest absolute Gasteiger partial charge is 0.480 e. The van der Waals surface area contributed by atoms with Gasteiger partial charge in [0.25, 0.3) is 0 Å². The van der Waals surface area contributed by atoms with E-state index in [0.717, 1.165) is 16.7 Å². The average Bonchev–Trinajstić information content (AvgIpc) is 2.54. The Morgan fingerprint density at radius 2 is 2.25 bits per heavy atom. The number of aliphatic carboxylic acids is 1. The minimum Gasteiger partial charge on any atom is -0.480 e. The van der Waals surface area contributed by atoms with Crippen molar-refractivity contribution in [3.63, 3.8) is 0 Å². The van der Waals surface area contributed by atoms with Crippen LogP contribution in [0.1, 0.15) is 11.5 Å². The maximum absolute atomic E-state index is 10.5. The summed E-state index contributed by atoms with van der Waals surface area (Å²) in [4.78, 5) is 22.0. The van der Waals surface area contributed by atoms with E-state index in [-0.39, 0.29) is 6.54 Å². The Kier molecular flexibility index (Phi) is 2.47. The highest BCUT2D eigenvalue weighted by atomic mass is 16.4. The zero-order valence-electron chi connectivity index (χ0n) is 9.03. The highest BCUT2D eigenvalue weighted by Gasteiger charge is 2.08. The van der Waals surface area contributed by atoms with Crippen LogP contribution in [0.25, 0.3) is 11.0 Å². The number of carboxylic acids is 1. The monoisotopic (exact) mass is 220 g/mol. The highest BCUT2D eigenvalue weighted by molar-refractivity contribution is 5.89. The van der Waals surface area contributed by atoms with Crippen molar-refractivity contribution in [1.29, 1.82) is 0 Å². The molecule has 0 aromatic carbocycles. The molecule has 0 aliphatic rings. The van der Waals surface area contributed by atoms with Crippen molar-refractivity contribution in [2.24, 2.45) is 0 Å². The van der Waals surface area contributed by atoms with E-state index in [9.17, 15) is 4.79 Å². The van der Waals surface area contributed by atoms with Crippen LogP contribution in [0.5, 0.6) is 0 Å². The van der Waals surface area contributed by atoms with Crippen LogP contribution in [-0.2, 0) is 4.79 Å². The smallest absolute Gasteiger partial charge is 0.322 e. The van der Waals surface area contributed by atoms with Gasteiger partial charge in [-0.3, -0.25) is 4.79 Å². The topological polar surface area (TPSA) is 90.9 Å². The molecule has 2 aromatic heterocycles. The third-order valence-electron chi connectivity index (χ3n) is 2.14. The van der Waals surface area contributed by atoms with Crippen molar-refractivity contribution in [1.82, 2.24) is 15.0 Å². The fourth-order valence-corrected chi connectivity index (χ4v) is 1.55. The fourth-order valence-electron chi connectivity index (χ4n) is 1.55. The second-order valence-electron chi connectivity index (χ2n) is 3.58. The molecule has 2 rings (SSSR count). The average molecular weight is 220 g/mol. The third kappa shape index (κ3) is 1.95. The van der Waals surface area contributed by atoms with Crippen molar-refractivity contribution < 1.29 is 9.90 Å².